The molecular weight excluding hydrogens is 388 g/mol. The maximum Gasteiger partial charge on any atom is 0.251 e. The Bertz CT molecular complexity index is 1060. The van der Waals surface area contributed by atoms with Crippen LogP contribution >= 0.6 is 0 Å². The summed E-state index contributed by atoms with van der Waals surface area (Å²) in [6, 6.07) is 19.6. The fourth-order valence-electron chi connectivity index (χ4n) is 3.55. The predicted molar refractivity (Wildman–Crippen MR) is 124 cm³/mol. The van der Waals surface area contributed by atoms with E-state index in [1.165, 1.54) is 0 Å². The number of nitrogens with zero attached hydrogens (tertiary/aromatic N) is 1. The number of fused-ring (bicyclic) bond motifs is 1. The molecule has 0 fully saturated rings. The summed E-state index contributed by atoms with van der Waals surface area (Å²) in [7, 11) is 1.79. The zero-order valence-electron chi connectivity index (χ0n) is 18.5. The molecule has 1 N–H and O–H groups in total. The topological polar surface area (TPSA) is 58.6 Å². The summed E-state index contributed by atoms with van der Waals surface area (Å²) in [5.74, 6) is 0.630. The van der Waals surface area contributed by atoms with Gasteiger partial charge in [0.1, 0.15) is 5.75 Å². The van der Waals surface area contributed by atoms with Gasteiger partial charge >= 0.3 is 0 Å². The lowest BCUT2D eigenvalue weighted by Gasteiger charge is -2.21. The van der Waals surface area contributed by atoms with E-state index < -0.39 is 0 Å². The van der Waals surface area contributed by atoms with E-state index in [2.05, 4.69) is 24.4 Å². The van der Waals surface area contributed by atoms with Crippen molar-refractivity contribution >= 4 is 22.6 Å². The van der Waals surface area contributed by atoms with Gasteiger partial charge in [-0.15, -0.1) is 0 Å². The lowest BCUT2D eigenvalue weighted by Crippen LogP contribution is -2.32. The summed E-state index contributed by atoms with van der Waals surface area (Å²) in [4.78, 5) is 26.8. The molecule has 0 unspecified atom stereocenters. The molecule has 3 aromatic carbocycles. The van der Waals surface area contributed by atoms with Gasteiger partial charge in [-0.3, -0.25) is 9.59 Å². The molecule has 0 aliphatic rings. The van der Waals surface area contributed by atoms with E-state index >= 15 is 0 Å². The van der Waals surface area contributed by atoms with Crippen LogP contribution in [-0.4, -0.2) is 36.9 Å². The maximum absolute atomic E-state index is 12.7. The molecule has 0 aliphatic heterocycles. The summed E-state index contributed by atoms with van der Waals surface area (Å²) in [5.41, 5.74) is 2.56. The number of rotatable bonds is 9. The molecule has 0 saturated carbocycles. The summed E-state index contributed by atoms with van der Waals surface area (Å²) in [6.07, 6.45) is 1.16. The van der Waals surface area contributed by atoms with E-state index in [-0.39, 0.29) is 18.2 Å². The van der Waals surface area contributed by atoms with Crippen molar-refractivity contribution in [1.29, 1.82) is 0 Å². The van der Waals surface area contributed by atoms with Gasteiger partial charge in [0, 0.05) is 37.7 Å². The van der Waals surface area contributed by atoms with E-state index in [1.54, 1.807) is 18.0 Å². The fraction of sp³-hybridized carbons (Fsp3) is 0.308. The Morgan fingerprint density at radius 1 is 1.00 bits per heavy atom. The Morgan fingerprint density at radius 3 is 2.52 bits per heavy atom. The minimum atomic E-state index is -0.155. The summed E-state index contributed by atoms with van der Waals surface area (Å²) in [5, 5.41) is 5.05. The first-order valence-corrected chi connectivity index (χ1v) is 10.7. The largest absolute Gasteiger partial charge is 0.493 e. The van der Waals surface area contributed by atoms with Crippen LogP contribution in [0.25, 0.3) is 10.8 Å². The van der Waals surface area contributed by atoms with Crippen molar-refractivity contribution in [2.45, 2.75) is 33.2 Å². The molecule has 162 valence electrons. The number of carbonyl (C=O) groups excluding carboxylic acids is 2. The average molecular weight is 419 g/mol. The number of nitrogens with one attached hydrogen (secondary N) is 1. The minimum absolute atomic E-state index is 0.0283. The van der Waals surface area contributed by atoms with Crippen molar-refractivity contribution in [3.05, 3.63) is 77.4 Å². The van der Waals surface area contributed by atoms with Gasteiger partial charge in [0.15, 0.2) is 0 Å². The quantitative estimate of drug-likeness (QED) is 0.547. The summed E-state index contributed by atoms with van der Waals surface area (Å²) in [6.45, 7) is 5.35. The Balaban J connectivity index is 1.64. The number of ether oxygens (including phenoxy) is 1. The van der Waals surface area contributed by atoms with E-state index in [0.29, 0.717) is 25.3 Å². The molecule has 3 rings (SSSR count). The third-order valence-corrected chi connectivity index (χ3v) is 5.29. The van der Waals surface area contributed by atoms with Crippen LogP contribution in [0.1, 0.15) is 41.3 Å². The van der Waals surface area contributed by atoms with Gasteiger partial charge in [0.2, 0.25) is 5.91 Å². The van der Waals surface area contributed by atoms with Crippen LogP contribution in [0.2, 0.25) is 0 Å². The smallest absolute Gasteiger partial charge is 0.251 e. The molecule has 5 heteroatoms. The van der Waals surface area contributed by atoms with E-state index in [9.17, 15) is 9.59 Å². The fourth-order valence-corrected chi connectivity index (χ4v) is 3.55. The third-order valence-electron chi connectivity index (χ3n) is 5.29. The lowest BCUT2D eigenvalue weighted by atomic mass is 10.0. The molecule has 2 amide bonds. The van der Waals surface area contributed by atoms with Gasteiger partial charge in [-0.05, 0) is 41.8 Å². The van der Waals surface area contributed by atoms with Crippen LogP contribution in [-0.2, 0) is 11.3 Å². The van der Waals surface area contributed by atoms with E-state index in [1.807, 2.05) is 49.4 Å². The third kappa shape index (κ3) is 5.63. The summed E-state index contributed by atoms with van der Waals surface area (Å²) >= 11 is 0. The van der Waals surface area contributed by atoms with Crippen molar-refractivity contribution in [2.75, 3.05) is 20.2 Å². The number of amides is 2. The van der Waals surface area contributed by atoms with Crippen molar-refractivity contribution < 1.29 is 14.3 Å². The predicted octanol–water partition coefficient (Wildman–Crippen LogP) is 4.72. The highest BCUT2D eigenvalue weighted by atomic mass is 16.5. The SMILES string of the molecule is CCCOc1ccc2ccccc2c1CN(C)C(=O)CCNC(=O)c1ccccc1C. The van der Waals surface area contributed by atoms with Crippen molar-refractivity contribution in [1.82, 2.24) is 10.2 Å². The lowest BCUT2D eigenvalue weighted by molar-refractivity contribution is -0.130. The molecule has 5 nitrogen and oxygen atoms in total. The van der Waals surface area contributed by atoms with Crippen molar-refractivity contribution in [3.8, 4) is 5.75 Å². The molecule has 0 bridgehead atoms. The Labute approximate surface area is 184 Å². The maximum atomic E-state index is 12.7. The van der Waals surface area contributed by atoms with Crippen LogP contribution in [0.4, 0.5) is 0 Å². The average Bonchev–Trinajstić information content (AvgIpc) is 2.78. The van der Waals surface area contributed by atoms with Gasteiger partial charge in [0.25, 0.3) is 5.91 Å². The van der Waals surface area contributed by atoms with Gasteiger partial charge in [0.05, 0.1) is 6.61 Å². The monoisotopic (exact) mass is 418 g/mol. The van der Waals surface area contributed by atoms with Gasteiger partial charge < -0.3 is 15.0 Å². The normalized spacial score (nSPS) is 10.7. The Hall–Kier alpha value is -3.34. The molecule has 0 saturated heterocycles. The first-order valence-electron chi connectivity index (χ1n) is 10.7. The number of carbonyl (C=O) groups is 2. The minimum Gasteiger partial charge on any atom is -0.493 e. The molecule has 0 aliphatic carbocycles. The molecule has 0 aromatic heterocycles. The second kappa shape index (κ2) is 10.6. The van der Waals surface area contributed by atoms with Crippen LogP contribution < -0.4 is 10.1 Å². The van der Waals surface area contributed by atoms with Crippen molar-refractivity contribution in [3.63, 3.8) is 0 Å². The highest BCUT2D eigenvalue weighted by Gasteiger charge is 2.16. The summed E-state index contributed by atoms with van der Waals surface area (Å²) < 4.78 is 5.95. The van der Waals surface area contributed by atoms with E-state index in [4.69, 9.17) is 4.74 Å². The molecule has 0 radical (unpaired) electrons. The van der Waals surface area contributed by atoms with Gasteiger partial charge in [-0.2, -0.15) is 0 Å². The number of hydrogen-bond acceptors (Lipinski definition) is 3. The molecule has 0 atom stereocenters. The second-order valence-corrected chi connectivity index (χ2v) is 7.68. The van der Waals surface area contributed by atoms with E-state index in [0.717, 1.165) is 34.1 Å². The standard InChI is InChI=1S/C26H30N2O3/c1-4-17-31-24-14-13-20-10-6-8-12-22(20)23(24)18-28(3)25(29)15-16-27-26(30)21-11-7-5-9-19(21)2/h5-14H,4,15-18H2,1-3H3,(H,27,30). The number of hydrogen-bond donors (Lipinski definition) is 1. The first-order chi connectivity index (χ1) is 15.0. The van der Waals surface area contributed by atoms with Crippen LogP contribution in [0.5, 0.6) is 5.75 Å². The van der Waals surface area contributed by atoms with Crippen LogP contribution in [0, 0.1) is 6.92 Å². The zero-order chi connectivity index (χ0) is 22.2. The highest BCUT2D eigenvalue weighted by molar-refractivity contribution is 5.95. The zero-order valence-corrected chi connectivity index (χ0v) is 18.5. The highest BCUT2D eigenvalue weighted by Crippen LogP contribution is 2.29. The van der Waals surface area contributed by atoms with Gasteiger partial charge in [-0.25, -0.2) is 0 Å². The molecule has 3 aromatic rings. The van der Waals surface area contributed by atoms with Crippen LogP contribution in [0.15, 0.2) is 60.7 Å². The second-order valence-electron chi connectivity index (χ2n) is 7.68. The van der Waals surface area contributed by atoms with Gasteiger partial charge in [-0.1, -0.05) is 55.5 Å². The molecular formula is C26H30N2O3. The molecule has 0 heterocycles. The Morgan fingerprint density at radius 2 is 1.74 bits per heavy atom. The first kappa shape index (κ1) is 22.3. The van der Waals surface area contributed by atoms with Crippen LogP contribution in [0.3, 0.4) is 0 Å². The number of benzene rings is 3. The molecule has 31 heavy (non-hydrogen) atoms. The Kier molecular flexibility index (Phi) is 7.65. The molecule has 0 spiro atoms. The number of aryl methyl sites for hydroxylation is 1. The van der Waals surface area contributed by atoms with Crippen molar-refractivity contribution in [2.24, 2.45) is 0 Å².